The molecule has 0 saturated heterocycles. The Labute approximate surface area is 108 Å². The highest BCUT2D eigenvalue weighted by Crippen LogP contribution is 2.38. The van der Waals surface area contributed by atoms with Crippen LogP contribution in [-0.2, 0) is 0 Å². The summed E-state index contributed by atoms with van der Waals surface area (Å²) in [5.41, 5.74) is 0.568. The Morgan fingerprint density at radius 3 is 2.41 bits per heavy atom. The lowest BCUT2D eigenvalue weighted by atomic mass is 9.85. The number of hydrogen-bond donors (Lipinski definition) is 1. The van der Waals surface area contributed by atoms with E-state index in [1.54, 1.807) is 0 Å². The topological polar surface area (TPSA) is 15.3 Å². The third-order valence-corrected chi connectivity index (χ3v) is 3.93. The molecule has 0 amide bonds. The Bertz CT molecular complexity index is 195. The summed E-state index contributed by atoms with van der Waals surface area (Å²) < 4.78 is 0. The van der Waals surface area contributed by atoms with Gasteiger partial charge in [0, 0.05) is 13.1 Å². The Morgan fingerprint density at radius 2 is 1.88 bits per heavy atom. The highest BCUT2D eigenvalue weighted by molar-refractivity contribution is 4.89. The first-order valence-corrected chi connectivity index (χ1v) is 7.47. The molecule has 1 saturated carbocycles. The standard InChI is InChI=1S/C15H32N2/c1-5-10-17(4)13-15(8-6-7-9-15)12-16-11-14(2)3/h14,16H,5-13H2,1-4H3. The van der Waals surface area contributed by atoms with Crippen LogP contribution in [0.25, 0.3) is 0 Å². The van der Waals surface area contributed by atoms with E-state index in [9.17, 15) is 0 Å². The van der Waals surface area contributed by atoms with Crippen molar-refractivity contribution in [2.24, 2.45) is 11.3 Å². The van der Waals surface area contributed by atoms with Crippen LogP contribution in [0, 0.1) is 11.3 Å². The zero-order valence-electron chi connectivity index (χ0n) is 12.4. The van der Waals surface area contributed by atoms with Crippen molar-refractivity contribution in [3.05, 3.63) is 0 Å². The average molecular weight is 240 g/mol. The normalized spacial score (nSPS) is 19.4. The first-order chi connectivity index (χ1) is 8.08. The molecule has 1 fully saturated rings. The minimum absolute atomic E-state index is 0.568. The molecule has 0 radical (unpaired) electrons. The van der Waals surface area contributed by atoms with E-state index < -0.39 is 0 Å². The molecule has 0 atom stereocenters. The summed E-state index contributed by atoms with van der Waals surface area (Å²) >= 11 is 0. The van der Waals surface area contributed by atoms with E-state index in [0.717, 1.165) is 5.92 Å². The predicted molar refractivity (Wildman–Crippen MR) is 76.4 cm³/mol. The van der Waals surface area contributed by atoms with Gasteiger partial charge in [0.2, 0.25) is 0 Å². The highest BCUT2D eigenvalue weighted by atomic mass is 15.1. The monoisotopic (exact) mass is 240 g/mol. The molecule has 17 heavy (non-hydrogen) atoms. The van der Waals surface area contributed by atoms with Gasteiger partial charge in [0.25, 0.3) is 0 Å². The van der Waals surface area contributed by atoms with E-state index in [1.165, 1.54) is 58.3 Å². The Kier molecular flexibility index (Phi) is 6.50. The van der Waals surface area contributed by atoms with E-state index in [-0.39, 0.29) is 0 Å². The summed E-state index contributed by atoms with van der Waals surface area (Å²) in [6, 6.07) is 0. The Morgan fingerprint density at radius 1 is 1.24 bits per heavy atom. The van der Waals surface area contributed by atoms with Crippen LogP contribution >= 0.6 is 0 Å². The number of nitrogens with one attached hydrogen (secondary N) is 1. The maximum absolute atomic E-state index is 3.69. The molecule has 0 aliphatic heterocycles. The van der Waals surface area contributed by atoms with E-state index in [1.807, 2.05) is 0 Å². The lowest BCUT2D eigenvalue weighted by Crippen LogP contribution is -2.42. The van der Waals surface area contributed by atoms with Crippen LogP contribution in [0.1, 0.15) is 52.9 Å². The van der Waals surface area contributed by atoms with Gasteiger partial charge in [-0.1, -0.05) is 33.6 Å². The average Bonchev–Trinajstić information content (AvgIpc) is 2.66. The lowest BCUT2D eigenvalue weighted by molar-refractivity contribution is 0.171. The Balaban J connectivity index is 2.39. The molecule has 1 aliphatic carbocycles. The largest absolute Gasteiger partial charge is 0.316 e. The van der Waals surface area contributed by atoms with E-state index >= 15 is 0 Å². The van der Waals surface area contributed by atoms with Crippen LogP contribution in [-0.4, -0.2) is 38.1 Å². The molecule has 0 aromatic carbocycles. The number of hydrogen-bond acceptors (Lipinski definition) is 2. The SMILES string of the molecule is CCCN(C)CC1(CNCC(C)C)CCCC1. The molecule has 1 N–H and O–H groups in total. The van der Waals surface area contributed by atoms with Gasteiger partial charge in [0.1, 0.15) is 0 Å². The Hall–Kier alpha value is -0.0800. The van der Waals surface area contributed by atoms with Crippen molar-refractivity contribution in [3.8, 4) is 0 Å². The quantitative estimate of drug-likeness (QED) is 0.701. The van der Waals surface area contributed by atoms with Gasteiger partial charge in [-0.15, -0.1) is 0 Å². The van der Waals surface area contributed by atoms with Gasteiger partial charge >= 0.3 is 0 Å². The van der Waals surface area contributed by atoms with Crippen LogP contribution in [0.2, 0.25) is 0 Å². The summed E-state index contributed by atoms with van der Waals surface area (Å²) in [6.07, 6.45) is 6.98. The van der Waals surface area contributed by atoms with E-state index in [4.69, 9.17) is 0 Å². The maximum atomic E-state index is 3.69. The molecular formula is C15H32N2. The first kappa shape index (κ1) is 15.0. The summed E-state index contributed by atoms with van der Waals surface area (Å²) in [5, 5.41) is 3.69. The molecule has 2 heteroatoms. The van der Waals surface area contributed by atoms with Crippen LogP contribution in [0.5, 0.6) is 0 Å². The zero-order valence-corrected chi connectivity index (χ0v) is 12.4. The predicted octanol–water partition coefficient (Wildman–Crippen LogP) is 3.13. The summed E-state index contributed by atoms with van der Waals surface area (Å²) in [7, 11) is 2.28. The molecule has 2 nitrogen and oxygen atoms in total. The van der Waals surface area contributed by atoms with Crippen LogP contribution < -0.4 is 5.32 Å². The molecule has 0 heterocycles. The number of nitrogens with zero attached hydrogens (tertiary/aromatic N) is 1. The van der Waals surface area contributed by atoms with Gasteiger partial charge in [-0.3, -0.25) is 0 Å². The molecule has 102 valence electrons. The van der Waals surface area contributed by atoms with Gasteiger partial charge in [-0.25, -0.2) is 0 Å². The molecule has 0 aromatic heterocycles. The maximum Gasteiger partial charge on any atom is 0.00471 e. The molecule has 0 spiro atoms. The molecule has 0 bridgehead atoms. The van der Waals surface area contributed by atoms with E-state index in [2.05, 4.69) is 38.0 Å². The van der Waals surface area contributed by atoms with Gasteiger partial charge < -0.3 is 10.2 Å². The number of rotatable bonds is 8. The van der Waals surface area contributed by atoms with Crippen LogP contribution in [0.3, 0.4) is 0 Å². The van der Waals surface area contributed by atoms with Crippen molar-refractivity contribution >= 4 is 0 Å². The summed E-state index contributed by atoms with van der Waals surface area (Å²) in [4.78, 5) is 2.53. The van der Waals surface area contributed by atoms with Crippen molar-refractivity contribution in [3.63, 3.8) is 0 Å². The third-order valence-electron chi connectivity index (χ3n) is 3.93. The molecule has 1 rings (SSSR count). The minimum atomic E-state index is 0.568. The molecule has 1 aliphatic rings. The second-order valence-electron chi connectivity index (χ2n) is 6.47. The highest BCUT2D eigenvalue weighted by Gasteiger charge is 2.34. The minimum Gasteiger partial charge on any atom is -0.316 e. The van der Waals surface area contributed by atoms with E-state index in [0.29, 0.717) is 5.41 Å². The van der Waals surface area contributed by atoms with Gasteiger partial charge in [-0.2, -0.15) is 0 Å². The van der Waals surface area contributed by atoms with Crippen molar-refractivity contribution in [2.45, 2.75) is 52.9 Å². The van der Waals surface area contributed by atoms with Crippen molar-refractivity contribution in [1.29, 1.82) is 0 Å². The second kappa shape index (κ2) is 7.38. The zero-order chi connectivity index (χ0) is 12.7. The van der Waals surface area contributed by atoms with Gasteiger partial charge in [0.15, 0.2) is 0 Å². The third kappa shape index (κ3) is 5.39. The van der Waals surface area contributed by atoms with Crippen molar-refractivity contribution in [1.82, 2.24) is 10.2 Å². The fourth-order valence-electron chi connectivity index (χ4n) is 3.18. The first-order valence-electron chi connectivity index (χ1n) is 7.47. The fourth-order valence-corrected chi connectivity index (χ4v) is 3.18. The molecule has 0 unspecified atom stereocenters. The van der Waals surface area contributed by atoms with Crippen LogP contribution in [0.15, 0.2) is 0 Å². The van der Waals surface area contributed by atoms with Crippen molar-refractivity contribution in [2.75, 3.05) is 33.2 Å². The summed E-state index contributed by atoms with van der Waals surface area (Å²) in [5.74, 6) is 0.766. The second-order valence-corrected chi connectivity index (χ2v) is 6.47. The smallest absolute Gasteiger partial charge is 0.00471 e. The van der Waals surface area contributed by atoms with Gasteiger partial charge in [0.05, 0.1) is 0 Å². The van der Waals surface area contributed by atoms with Crippen LogP contribution in [0.4, 0.5) is 0 Å². The van der Waals surface area contributed by atoms with Gasteiger partial charge in [-0.05, 0) is 50.7 Å². The fraction of sp³-hybridized carbons (Fsp3) is 1.00. The molecular weight excluding hydrogens is 208 g/mol. The van der Waals surface area contributed by atoms with Crippen molar-refractivity contribution < 1.29 is 0 Å². The molecule has 0 aromatic rings. The lowest BCUT2D eigenvalue weighted by Gasteiger charge is -2.34. The summed E-state index contributed by atoms with van der Waals surface area (Å²) in [6.45, 7) is 11.8.